The molecule has 0 saturated carbocycles. The highest BCUT2D eigenvalue weighted by Gasteiger charge is 2.98. The van der Waals surface area contributed by atoms with Crippen molar-refractivity contribution in [3.63, 3.8) is 0 Å². The molecule has 0 bridgehead atoms. The number of hydrogen-bond acceptors (Lipinski definition) is 3. The first-order valence-electron chi connectivity index (χ1n) is 12.1. The molecule has 1 amide bonds. The molecule has 0 aliphatic heterocycles. The number of aryl methyl sites for hydroxylation is 1. The molecule has 0 radical (unpaired) electrons. The van der Waals surface area contributed by atoms with Gasteiger partial charge < -0.3 is 5.32 Å². The first kappa shape index (κ1) is 44.5. The number of carbonyl (C=O) groups is 1. The van der Waals surface area contributed by atoms with Crippen LogP contribution in [0.1, 0.15) is 29.3 Å². The summed E-state index contributed by atoms with van der Waals surface area (Å²) in [6.45, 7) is 1.37. The number of isocyanates is 1. The van der Waals surface area contributed by atoms with Gasteiger partial charge in [-0.25, -0.2) is 4.79 Å². The van der Waals surface area contributed by atoms with Gasteiger partial charge >= 0.3 is 65.4 Å². The summed E-state index contributed by atoms with van der Waals surface area (Å²) >= 11 is 0. The zero-order chi connectivity index (χ0) is 40.3. The lowest BCUT2D eigenvalue weighted by molar-refractivity contribution is -0.478. The van der Waals surface area contributed by atoms with Crippen LogP contribution in [-0.2, 0) is 4.79 Å². The van der Waals surface area contributed by atoms with Crippen LogP contribution >= 0.6 is 0 Å². The lowest BCUT2D eigenvalue weighted by Gasteiger charge is -2.45. The molecule has 27 heteroatoms. The second kappa shape index (κ2) is 12.6. The highest BCUT2D eigenvalue weighted by atomic mass is 19.4. The minimum absolute atomic E-state index is 0.0359. The van der Waals surface area contributed by atoms with Crippen molar-refractivity contribution in [2.45, 2.75) is 91.7 Å². The van der Waals surface area contributed by atoms with E-state index in [-0.39, 0.29) is 18.2 Å². The number of rotatable bonds is 14. The normalized spacial score (nSPS) is 15.8. The average Bonchev–Trinajstić information content (AvgIpc) is 2.92. The predicted octanol–water partition coefficient (Wildman–Crippen LogP) is 9.39. The van der Waals surface area contributed by atoms with Gasteiger partial charge in [0, 0.05) is 18.0 Å². The van der Waals surface area contributed by atoms with Crippen molar-refractivity contribution in [1.82, 2.24) is 5.32 Å². The fraction of sp³-hybridized carbons (Fsp3) is 0.652. The highest BCUT2D eigenvalue weighted by molar-refractivity contribution is 5.95. The van der Waals surface area contributed by atoms with Crippen LogP contribution in [0.4, 0.5) is 107 Å². The fourth-order valence-electron chi connectivity index (χ4n) is 3.63. The smallest absolute Gasteiger partial charge is 0.349 e. The maximum atomic E-state index is 14.3. The van der Waals surface area contributed by atoms with E-state index in [4.69, 9.17) is 0 Å². The van der Waals surface area contributed by atoms with Gasteiger partial charge in [0.05, 0.1) is 5.69 Å². The van der Waals surface area contributed by atoms with Crippen molar-refractivity contribution in [1.29, 1.82) is 0 Å². The van der Waals surface area contributed by atoms with Gasteiger partial charge in [0.25, 0.3) is 5.91 Å². The number of nitrogens with zero attached hydrogens (tertiary/aromatic N) is 1. The lowest BCUT2D eigenvalue weighted by atomic mass is 9.84. The Kier molecular flexibility index (Phi) is 11.2. The number of benzene rings is 1. The molecule has 0 aliphatic carbocycles. The van der Waals surface area contributed by atoms with Gasteiger partial charge in [-0.05, 0) is 37.6 Å². The van der Waals surface area contributed by atoms with Crippen LogP contribution in [0.5, 0.6) is 0 Å². The monoisotopic (exact) mass is 786 g/mol. The molecule has 0 spiro atoms. The topological polar surface area (TPSA) is 58.5 Å². The summed E-state index contributed by atoms with van der Waals surface area (Å²) in [4.78, 5) is 25.6. The van der Waals surface area contributed by atoms with Gasteiger partial charge in [0.1, 0.15) is 0 Å². The van der Waals surface area contributed by atoms with Crippen molar-refractivity contribution < 1.29 is 111 Å². The van der Waals surface area contributed by atoms with Gasteiger partial charge in [0.15, 0.2) is 0 Å². The summed E-state index contributed by atoms with van der Waals surface area (Å²) in [5, 5.41) is 1.37. The molecule has 4 nitrogen and oxygen atoms in total. The Morgan fingerprint density at radius 1 is 0.620 bits per heavy atom. The Morgan fingerprint density at radius 3 is 1.28 bits per heavy atom. The SMILES string of the molecule is Cc1cc(C(=O)NC(C)CC(F)(F)C(F)(F)C(F)(F)C(F)(F)C(F)(F)C(F)(F)C(F)(F)C(F)(F)C(F)(F)C(F)(F)C(F)(F)F)ccc1N=C=O. The molecular weight excluding hydrogens is 773 g/mol. The van der Waals surface area contributed by atoms with E-state index in [1.54, 1.807) is 0 Å². The van der Waals surface area contributed by atoms with Crippen LogP contribution in [0.3, 0.4) is 0 Å². The van der Waals surface area contributed by atoms with Gasteiger partial charge in [-0.3, -0.25) is 4.79 Å². The first-order chi connectivity index (χ1) is 21.7. The van der Waals surface area contributed by atoms with Crippen molar-refractivity contribution in [2.24, 2.45) is 4.99 Å². The van der Waals surface area contributed by atoms with Crippen molar-refractivity contribution in [3.05, 3.63) is 29.3 Å². The van der Waals surface area contributed by atoms with Crippen LogP contribution < -0.4 is 5.32 Å². The van der Waals surface area contributed by atoms with Crippen LogP contribution in [0.15, 0.2) is 23.2 Å². The highest BCUT2D eigenvalue weighted by Crippen LogP contribution is 2.67. The summed E-state index contributed by atoms with van der Waals surface area (Å²) in [6.07, 6.45) is -10.1. The third kappa shape index (κ3) is 6.30. The first-order valence-corrected chi connectivity index (χ1v) is 12.1. The van der Waals surface area contributed by atoms with Gasteiger partial charge in [-0.1, -0.05) is 0 Å². The van der Waals surface area contributed by atoms with E-state index in [2.05, 4.69) is 4.99 Å². The summed E-state index contributed by atoms with van der Waals surface area (Å²) in [6, 6.07) is -0.178. The summed E-state index contributed by atoms with van der Waals surface area (Å²) < 4.78 is 312. The minimum Gasteiger partial charge on any atom is -0.349 e. The molecule has 0 aliphatic rings. The van der Waals surface area contributed by atoms with Crippen LogP contribution in [0, 0.1) is 6.92 Å². The molecule has 1 aromatic carbocycles. The third-order valence-corrected chi connectivity index (χ3v) is 6.54. The zero-order valence-electron chi connectivity index (χ0n) is 23.5. The van der Waals surface area contributed by atoms with E-state index in [1.807, 2.05) is 0 Å². The van der Waals surface area contributed by atoms with Crippen LogP contribution in [-0.4, -0.2) is 83.4 Å². The number of alkyl halides is 23. The zero-order valence-corrected chi connectivity index (χ0v) is 23.5. The van der Waals surface area contributed by atoms with Crippen molar-refractivity contribution in [2.75, 3.05) is 0 Å². The number of nitrogens with one attached hydrogen (secondary N) is 1. The van der Waals surface area contributed by atoms with Gasteiger partial charge in [-0.15, -0.1) is 0 Å². The summed E-state index contributed by atoms with van der Waals surface area (Å²) in [5.41, 5.74) is -0.800. The Balaban J connectivity index is 3.60. The van der Waals surface area contributed by atoms with Crippen LogP contribution in [0.25, 0.3) is 0 Å². The Labute approximate surface area is 260 Å². The fourth-order valence-corrected chi connectivity index (χ4v) is 3.63. The van der Waals surface area contributed by atoms with Gasteiger partial charge in [-0.2, -0.15) is 106 Å². The molecule has 50 heavy (non-hydrogen) atoms. The molecule has 1 aromatic rings. The summed E-state index contributed by atoms with van der Waals surface area (Å²) in [5.74, 6) is -90.0. The number of hydrogen-bond donors (Lipinski definition) is 1. The largest absolute Gasteiger partial charge is 0.460 e. The van der Waals surface area contributed by atoms with Gasteiger partial charge in [0.2, 0.25) is 6.08 Å². The Bertz CT molecular complexity index is 1480. The Hall–Kier alpha value is -3.54. The number of amides is 1. The minimum atomic E-state index is -9.47. The van der Waals surface area contributed by atoms with E-state index in [1.165, 1.54) is 5.32 Å². The van der Waals surface area contributed by atoms with Crippen molar-refractivity contribution in [3.8, 4) is 0 Å². The maximum Gasteiger partial charge on any atom is 0.460 e. The third-order valence-electron chi connectivity index (χ3n) is 6.54. The predicted molar refractivity (Wildman–Crippen MR) is 116 cm³/mol. The van der Waals surface area contributed by atoms with E-state index in [0.29, 0.717) is 0 Å². The molecule has 1 atom stereocenters. The van der Waals surface area contributed by atoms with E-state index < -0.39 is 89.3 Å². The molecule has 288 valence electrons. The van der Waals surface area contributed by atoms with E-state index >= 15 is 0 Å². The molecule has 0 aromatic heterocycles. The molecule has 0 saturated heterocycles. The molecule has 1 unspecified atom stereocenters. The average molecular weight is 786 g/mol. The molecular formula is C23H13F23N2O2. The number of halogens is 23. The number of aliphatic imine (C=N–C) groups is 1. The maximum absolute atomic E-state index is 14.3. The second-order valence-electron chi connectivity index (χ2n) is 10.2. The Morgan fingerprint density at radius 2 is 0.960 bits per heavy atom. The second-order valence-corrected chi connectivity index (χ2v) is 10.2. The standard InChI is InChI=1S/C23H13F23N2O2/c1-8-5-10(3-4-11(8)47-7-49)12(50)48-9(2)6-13(24,25)14(26,27)15(28,29)16(30,31)17(32,33)18(34,35)19(36,37)20(38,39)21(40,41)22(42,43)23(44,45)46/h3-5,9H,6H2,1-2H3,(H,48,50). The molecule has 0 heterocycles. The lowest BCUT2D eigenvalue weighted by Crippen LogP contribution is -2.77. The quantitative estimate of drug-likeness (QED) is 0.116. The van der Waals surface area contributed by atoms with Crippen LogP contribution in [0.2, 0.25) is 0 Å². The molecule has 1 N–H and O–H groups in total. The number of carbonyl (C=O) groups excluding carboxylic acids is 2. The van der Waals surface area contributed by atoms with Crippen molar-refractivity contribution >= 4 is 17.7 Å². The van der Waals surface area contributed by atoms with E-state index in [0.717, 1.165) is 31.2 Å². The summed E-state index contributed by atoms with van der Waals surface area (Å²) in [7, 11) is 0. The molecule has 0 fully saturated rings. The van der Waals surface area contributed by atoms with E-state index in [9.17, 15) is 111 Å². The molecule has 1 rings (SSSR count).